The maximum Gasteiger partial charge on any atom is 0.142 e. The van der Waals surface area contributed by atoms with Gasteiger partial charge in [-0.15, -0.1) is 0 Å². The van der Waals surface area contributed by atoms with Crippen LogP contribution < -0.4 is 9.64 Å². The third kappa shape index (κ3) is 1.64. The molecule has 1 saturated heterocycles. The number of benzene rings is 2. The molecule has 0 amide bonds. The molecule has 2 aromatic rings. The van der Waals surface area contributed by atoms with Crippen LogP contribution >= 0.6 is 0 Å². The Hall–Kier alpha value is -1.96. The van der Waals surface area contributed by atoms with Gasteiger partial charge in [-0.25, -0.2) is 0 Å². The lowest BCUT2D eigenvalue weighted by Gasteiger charge is -2.24. The van der Waals surface area contributed by atoms with E-state index in [1.54, 1.807) is 7.11 Å². The number of methoxy groups -OCH3 is 1. The quantitative estimate of drug-likeness (QED) is 0.697. The Kier molecular flexibility index (Phi) is 2.69. The summed E-state index contributed by atoms with van der Waals surface area (Å²) in [5.74, 6) is 1.03. The van der Waals surface area contributed by atoms with E-state index >= 15 is 0 Å². The fourth-order valence-corrected chi connectivity index (χ4v) is 3.63. The van der Waals surface area contributed by atoms with E-state index in [-0.39, 0.29) is 0 Å². The number of anilines is 1. The largest absolute Gasteiger partial charge is 0.495 e. The van der Waals surface area contributed by atoms with E-state index in [0.29, 0.717) is 0 Å². The Labute approximate surface area is 120 Å². The first-order chi connectivity index (χ1) is 9.88. The van der Waals surface area contributed by atoms with Crippen LogP contribution in [-0.2, 0) is 6.42 Å². The topological polar surface area (TPSA) is 12.5 Å². The molecule has 102 valence electrons. The van der Waals surface area contributed by atoms with Crippen molar-refractivity contribution in [2.45, 2.75) is 19.3 Å². The number of nitrogens with zero attached hydrogens (tertiary/aromatic N) is 1. The van der Waals surface area contributed by atoms with Gasteiger partial charge >= 0.3 is 0 Å². The number of ether oxygens (including phenoxy) is 1. The lowest BCUT2D eigenvalue weighted by atomic mass is 10.0. The minimum Gasteiger partial charge on any atom is -0.495 e. The van der Waals surface area contributed by atoms with E-state index in [2.05, 4.69) is 41.3 Å². The van der Waals surface area contributed by atoms with Gasteiger partial charge in [0.15, 0.2) is 0 Å². The number of fused-ring (bicyclic) bond motifs is 3. The second-order valence-electron chi connectivity index (χ2n) is 5.67. The molecule has 20 heavy (non-hydrogen) atoms. The summed E-state index contributed by atoms with van der Waals surface area (Å²) in [6.45, 7) is 2.31. The molecule has 2 aromatic carbocycles. The summed E-state index contributed by atoms with van der Waals surface area (Å²) in [4.78, 5) is 2.50. The van der Waals surface area contributed by atoms with E-state index in [9.17, 15) is 0 Å². The van der Waals surface area contributed by atoms with Crippen LogP contribution in [0.4, 0.5) is 5.69 Å². The minimum atomic E-state index is 1.03. The van der Waals surface area contributed by atoms with Gasteiger partial charge in [-0.1, -0.05) is 30.3 Å². The summed E-state index contributed by atoms with van der Waals surface area (Å²) in [7, 11) is 1.78. The smallest absolute Gasteiger partial charge is 0.142 e. The van der Waals surface area contributed by atoms with Gasteiger partial charge in [0.1, 0.15) is 5.75 Å². The molecule has 0 aromatic heterocycles. The zero-order valence-corrected chi connectivity index (χ0v) is 11.9. The average molecular weight is 265 g/mol. The van der Waals surface area contributed by atoms with E-state index in [4.69, 9.17) is 4.74 Å². The minimum absolute atomic E-state index is 1.03. The van der Waals surface area contributed by atoms with Crippen molar-refractivity contribution in [1.29, 1.82) is 0 Å². The third-order valence-electron chi connectivity index (χ3n) is 4.56. The Balaban J connectivity index is 1.90. The zero-order chi connectivity index (χ0) is 13.5. The molecule has 0 atom stereocenters. The summed E-state index contributed by atoms with van der Waals surface area (Å²) >= 11 is 0. The maximum atomic E-state index is 5.64. The molecule has 0 N–H and O–H groups in total. The van der Waals surface area contributed by atoms with Gasteiger partial charge in [-0.2, -0.15) is 0 Å². The third-order valence-corrected chi connectivity index (χ3v) is 4.56. The lowest BCUT2D eigenvalue weighted by molar-refractivity contribution is 0.414. The molecule has 0 unspecified atom stereocenters. The van der Waals surface area contributed by atoms with Crippen molar-refractivity contribution < 1.29 is 4.74 Å². The highest BCUT2D eigenvalue weighted by Crippen LogP contribution is 2.46. The highest BCUT2D eigenvalue weighted by molar-refractivity contribution is 5.85. The first-order valence-corrected chi connectivity index (χ1v) is 7.41. The average Bonchev–Trinajstić information content (AvgIpc) is 3.13. The monoisotopic (exact) mass is 265 g/mol. The highest BCUT2D eigenvalue weighted by Gasteiger charge is 2.27. The van der Waals surface area contributed by atoms with Crippen molar-refractivity contribution in [3.63, 3.8) is 0 Å². The van der Waals surface area contributed by atoms with Gasteiger partial charge in [0.2, 0.25) is 0 Å². The van der Waals surface area contributed by atoms with Crippen LogP contribution in [-0.4, -0.2) is 20.2 Å². The summed E-state index contributed by atoms with van der Waals surface area (Å²) in [5, 5.41) is 0. The van der Waals surface area contributed by atoms with Gasteiger partial charge in [-0.05, 0) is 41.2 Å². The molecule has 2 aliphatic rings. The molecule has 2 heteroatoms. The SMILES string of the molecule is COc1ccc2c(c1N1CCCC1)Cc1ccccc1-2. The van der Waals surface area contributed by atoms with Crippen LogP contribution in [0.25, 0.3) is 11.1 Å². The highest BCUT2D eigenvalue weighted by atomic mass is 16.5. The molecule has 0 radical (unpaired) electrons. The van der Waals surface area contributed by atoms with Crippen LogP contribution in [0.5, 0.6) is 5.75 Å². The molecule has 0 spiro atoms. The van der Waals surface area contributed by atoms with Gasteiger partial charge in [0.05, 0.1) is 12.8 Å². The van der Waals surface area contributed by atoms with Crippen LogP contribution in [0.3, 0.4) is 0 Å². The van der Waals surface area contributed by atoms with Crippen LogP contribution in [0.1, 0.15) is 24.0 Å². The van der Waals surface area contributed by atoms with Crippen molar-refractivity contribution in [2.75, 3.05) is 25.1 Å². The molecule has 4 rings (SSSR count). The van der Waals surface area contributed by atoms with Crippen LogP contribution in [0, 0.1) is 0 Å². The van der Waals surface area contributed by atoms with Crippen LogP contribution in [0.15, 0.2) is 36.4 Å². The fraction of sp³-hybridized carbons (Fsp3) is 0.333. The second-order valence-corrected chi connectivity index (χ2v) is 5.67. The molecule has 1 aliphatic carbocycles. The van der Waals surface area contributed by atoms with Gasteiger partial charge < -0.3 is 9.64 Å². The molecular formula is C18H19NO. The lowest BCUT2D eigenvalue weighted by Crippen LogP contribution is -2.20. The molecule has 1 fully saturated rings. The molecule has 0 bridgehead atoms. The van der Waals surface area contributed by atoms with Crippen molar-refractivity contribution >= 4 is 5.69 Å². The Morgan fingerprint density at radius 3 is 2.55 bits per heavy atom. The van der Waals surface area contributed by atoms with Crippen molar-refractivity contribution in [1.82, 2.24) is 0 Å². The predicted octanol–water partition coefficient (Wildman–Crippen LogP) is 3.87. The van der Waals surface area contributed by atoms with Gasteiger partial charge in [0, 0.05) is 19.5 Å². The molecule has 1 heterocycles. The maximum absolute atomic E-state index is 5.64. The van der Waals surface area contributed by atoms with Crippen LogP contribution in [0.2, 0.25) is 0 Å². The predicted molar refractivity (Wildman–Crippen MR) is 82.7 cm³/mol. The molecular weight excluding hydrogens is 246 g/mol. The second kappa shape index (κ2) is 4.55. The van der Waals surface area contributed by atoms with Gasteiger partial charge in [0.25, 0.3) is 0 Å². The Morgan fingerprint density at radius 1 is 0.950 bits per heavy atom. The van der Waals surface area contributed by atoms with Crippen molar-refractivity contribution in [2.24, 2.45) is 0 Å². The molecule has 1 aliphatic heterocycles. The molecule has 0 saturated carbocycles. The number of hydrogen-bond acceptors (Lipinski definition) is 2. The summed E-state index contributed by atoms with van der Waals surface area (Å²) in [6, 6.07) is 13.1. The number of rotatable bonds is 2. The summed E-state index contributed by atoms with van der Waals surface area (Å²) in [6.07, 6.45) is 3.62. The van der Waals surface area contributed by atoms with Crippen molar-refractivity contribution in [3.8, 4) is 16.9 Å². The first kappa shape index (κ1) is 11.8. The normalized spacial score (nSPS) is 16.1. The van der Waals surface area contributed by atoms with E-state index in [0.717, 1.165) is 25.3 Å². The standard InChI is InChI=1S/C18H19NO/c1-20-17-9-8-15-14-7-3-2-6-13(14)12-16(15)18(17)19-10-4-5-11-19/h2-3,6-9H,4-5,10-12H2,1H3. The first-order valence-electron chi connectivity index (χ1n) is 7.41. The van der Waals surface area contributed by atoms with Crippen molar-refractivity contribution in [3.05, 3.63) is 47.5 Å². The summed E-state index contributed by atoms with van der Waals surface area (Å²) < 4.78 is 5.64. The zero-order valence-electron chi connectivity index (χ0n) is 11.9. The Morgan fingerprint density at radius 2 is 1.75 bits per heavy atom. The van der Waals surface area contributed by atoms with E-state index < -0.39 is 0 Å². The summed E-state index contributed by atoms with van der Waals surface area (Å²) in [5.41, 5.74) is 7.01. The molecule has 2 nitrogen and oxygen atoms in total. The van der Waals surface area contributed by atoms with Gasteiger partial charge in [-0.3, -0.25) is 0 Å². The number of hydrogen-bond donors (Lipinski definition) is 0. The fourth-order valence-electron chi connectivity index (χ4n) is 3.63. The van der Waals surface area contributed by atoms with E-state index in [1.165, 1.54) is 40.8 Å². The Bertz CT molecular complexity index is 656. The van der Waals surface area contributed by atoms with E-state index in [1.807, 2.05) is 0 Å².